The van der Waals surface area contributed by atoms with Crippen LogP contribution >= 0.6 is 11.3 Å². The van der Waals surface area contributed by atoms with Gasteiger partial charge in [0.05, 0.1) is 14.2 Å². The van der Waals surface area contributed by atoms with Crippen LogP contribution in [0.5, 0.6) is 11.5 Å². The highest BCUT2D eigenvalue weighted by molar-refractivity contribution is 7.22. The summed E-state index contributed by atoms with van der Waals surface area (Å²) in [6, 6.07) is 3.76. The molecular weight excluding hydrogens is 302 g/mol. The Morgan fingerprint density at radius 3 is 2.50 bits per heavy atom. The van der Waals surface area contributed by atoms with E-state index in [1.165, 1.54) is 0 Å². The summed E-state index contributed by atoms with van der Waals surface area (Å²) in [4.78, 5) is 18.2. The maximum atomic E-state index is 11.3. The lowest BCUT2D eigenvalue weighted by Crippen LogP contribution is -2.38. The van der Waals surface area contributed by atoms with Gasteiger partial charge in [0.15, 0.2) is 5.13 Å². The number of benzene rings is 1. The molecule has 1 fully saturated rings. The van der Waals surface area contributed by atoms with Gasteiger partial charge in [-0.1, -0.05) is 11.3 Å². The number of amides is 1. The third-order valence-corrected chi connectivity index (χ3v) is 5.20. The monoisotopic (exact) mass is 321 g/mol. The number of nitrogens with zero attached hydrogens (tertiary/aromatic N) is 2. The minimum atomic E-state index is -0.202. The second-order valence-electron chi connectivity index (χ2n) is 5.31. The van der Waals surface area contributed by atoms with Crippen molar-refractivity contribution in [3.05, 3.63) is 12.1 Å². The summed E-state index contributed by atoms with van der Waals surface area (Å²) in [6.07, 6.45) is 1.55. The zero-order chi connectivity index (χ0) is 15.7. The van der Waals surface area contributed by atoms with E-state index in [1.54, 1.807) is 25.6 Å². The molecule has 0 bridgehead atoms. The molecule has 0 unspecified atom stereocenters. The summed E-state index contributed by atoms with van der Waals surface area (Å²) < 4.78 is 11.8. The lowest BCUT2D eigenvalue weighted by Gasteiger charge is -2.30. The van der Waals surface area contributed by atoms with Crippen LogP contribution in [-0.4, -0.2) is 38.2 Å². The van der Waals surface area contributed by atoms with E-state index in [2.05, 4.69) is 4.90 Å². The first kappa shape index (κ1) is 14.9. The summed E-state index contributed by atoms with van der Waals surface area (Å²) in [7, 11) is 3.29. The number of carbonyl (C=O) groups is 1. The van der Waals surface area contributed by atoms with Crippen LogP contribution in [0.1, 0.15) is 12.8 Å². The van der Waals surface area contributed by atoms with Crippen molar-refractivity contribution in [2.75, 3.05) is 32.2 Å². The van der Waals surface area contributed by atoms with Crippen molar-refractivity contribution in [2.45, 2.75) is 12.8 Å². The van der Waals surface area contributed by atoms with Gasteiger partial charge < -0.3 is 20.1 Å². The van der Waals surface area contributed by atoms with E-state index in [0.717, 1.165) is 52.8 Å². The van der Waals surface area contributed by atoms with Gasteiger partial charge in [-0.25, -0.2) is 4.98 Å². The van der Waals surface area contributed by atoms with Gasteiger partial charge in [-0.15, -0.1) is 0 Å². The first-order chi connectivity index (χ1) is 10.6. The van der Waals surface area contributed by atoms with Crippen molar-refractivity contribution in [2.24, 2.45) is 11.7 Å². The number of anilines is 1. The smallest absolute Gasteiger partial charge is 0.220 e. The Kier molecular flexibility index (Phi) is 4.06. The van der Waals surface area contributed by atoms with Gasteiger partial charge >= 0.3 is 0 Å². The Morgan fingerprint density at radius 1 is 1.27 bits per heavy atom. The van der Waals surface area contributed by atoms with Crippen molar-refractivity contribution >= 4 is 32.6 Å². The Morgan fingerprint density at radius 2 is 1.91 bits per heavy atom. The number of primary amides is 1. The molecule has 2 N–H and O–H groups in total. The molecule has 1 aromatic carbocycles. The highest BCUT2D eigenvalue weighted by Gasteiger charge is 2.25. The lowest BCUT2D eigenvalue weighted by atomic mass is 9.97. The molecule has 0 atom stereocenters. The molecule has 0 aliphatic carbocycles. The van der Waals surface area contributed by atoms with E-state index in [4.69, 9.17) is 20.2 Å². The second kappa shape index (κ2) is 6.00. The molecule has 7 heteroatoms. The maximum absolute atomic E-state index is 11.3. The van der Waals surface area contributed by atoms with Crippen molar-refractivity contribution < 1.29 is 14.3 Å². The number of piperidine rings is 1. The number of fused-ring (bicyclic) bond motifs is 1. The van der Waals surface area contributed by atoms with E-state index in [-0.39, 0.29) is 11.8 Å². The summed E-state index contributed by atoms with van der Waals surface area (Å²) in [5.41, 5.74) is 6.20. The first-order valence-corrected chi connectivity index (χ1v) is 8.01. The molecule has 2 heterocycles. The molecule has 1 aliphatic heterocycles. The molecule has 1 aliphatic rings. The topological polar surface area (TPSA) is 77.7 Å². The van der Waals surface area contributed by atoms with Gasteiger partial charge in [0.1, 0.15) is 21.7 Å². The van der Waals surface area contributed by atoms with Crippen LogP contribution < -0.4 is 20.1 Å². The van der Waals surface area contributed by atoms with Crippen LogP contribution in [-0.2, 0) is 4.79 Å². The van der Waals surface area contributed by atoms with Crippen LogP contribution in [0.25, 0.3) is 10.2 Å². The van der Waals surface area contributed by atoms with Crippen LogP contribution in [0, 0.1) is 5.92 Å². The minimum absolute atomic E-state index is 0.0188. The normalized spacial score (nSPS) is 16.0. The van der Waals surface area contributed by atoms with Gasteiger partial charge in [-0.2, -0.15) is 0 Å². The SMILES string of the molecule is COc1ccc(OC)c2sc(N3CCC(C(N)=O)CC3)nc12. The third-order valence-electron chi connectivity index (χ3n) is 4.07. The quantitative estimate of drug-likeness (QED) is 0.932. The standard InChI is InChI=1S/C15H19N3O3S/c1-20-10-3-4-11(21-2)13-12(10)17-15(22-13)18-7-5-9(6-8-18)14(16)19/h3-4,9H,5-8H2,1-2H3,(H2,16,19). The van der Waals surface area contributed by atoms with Crippen LogP contribution in [0.4, 0.5) is 5.13 Å². The van der Waals surface area contributed by atoms with E-state index >= 15 is 0 Å². The molecule has 2 aromatic rings. The fourth-order valence-corrected chi connectivity index (χ4v) is 3.89. The number of carbonyl (C=O) groups excluding carboxylic acids is 1. The largest absolute Gasteiger partial charge is 0.495 e. The number of aromatic nitrogens is 1. The average Bonchev–Trinajstić information content (AvgIpc) is 2.99. The molecule has 1 amide bonds. The van der Waals surface area contributed by atoms with Crippen molar-refractivity contribution in [1.29, 1.82) is 0 Å². The Balaban J connectivity index is 1.91. The first-order valence-electron chi connectivity index (χ1n) is 7.19. The average molecular weight is 321 g/mol. The zero-order valence-corrected chi connectivity index (χ0v) is 13.5. The van der Waals surface area contributed by atoms with E-state index in [9.17, 15) is 4.79 Å². The third kappa shape index (κ3) is 2.56. The lowest BCUT2D eigenvalue weighted by molar-refractivity contribution is -0.122. The molecule has 6 nitrogen and oxygen atoms in total. The number of ether oxygens (including phenoxy) is 2. The summed E-state index contributed by atoms with van der Waals surface area (Å²) in [5.74, 6) is 1.32. The fraction of sp³-hybridized carbons (Fsp3) is 0.467. The Hall–Kier alpha value is -2.02. The van der Waals surface area contributed by atoms with Gasteiger partial charge in [-0.3, -0.25) is 4.79 Å². The molecule has 0 spiro atoms. The fourth-order valence-electron chi connectivity index (χ4n) is 2.76. The van der Waals surface area contributed by atoms with Gasteiger partial charge in [0.25, 0.3) is 0 Å². The molecule has 3 rings (SSSR count). The predicted molar refractivity (Wildman–Crippen MR) is 86.9 cm³/mol. The summed E-state index contributed by atoms with van der Waals surface area (Å²) in [6.45, 7) is 1.58. The molecule has 22 heavy (non-hydrogen) atoms. The zero-order valence-electron chi connectivity index (χ0n) is 12.7. The highest BCUT2D eigenvalue weighted by Crippen LogP contribution is 2.40. The number of thiazole rings is 1. The minimum Gasteiger partial charge on any atom is -0.495 e. The Bertz CT molecular complexity index is 652. The Labute approximate surface area is 132 Å². The summed E-state index contributed by atoms with van der Waals surface area (Å²) >= 11 is 1.59. The van der Waals surface area contributed by atoms with E-state index in [1.807, 2.05) is 12.1 Å². The number of hydrogen-bond acceptors (Lipinski definition) is 6. The van der Waals surface area contributed by atoms with Gasteiger partial charge in [-0.05, 0) is 25.0 Å². The van der Waals surface area contributed by atoms with E-state index in [0.29, 0.717) is 0 Å². The van der Waals surface area contributed by atoms with Crippen molar-refractivity contribution in [3.8, 4) is 11.5 Å². The number of rotatable bonds is 4. The molecular formula is C15H19N3O3S. The molecule has 118 valence electrons. The summed E-state index contributed by atoms with van der Waals surface area (Å²) in [5, 5.41) is 0.931. The van der Waals surface area contributed by atoms with Gasteiger partial charge in [0, 0.05) is 19.0 Å². The van der Waals surface area contributed by atoms with E-state index < -0.39 is 0 Å². The number of hydrogen-bond donors (Lipinski definition) is 1. The molecule has 1 aromatic heterocycles. The molecule has 0 saturated carbocycles. The van der Waals surface area contributed by atoms with Crippen LogP contribution in [0.2, 0.25) is 0 Å². The second-order valence-corrected chi connectivity index (χ2v) is 6.29. The highest BCUT2D eigenvalue weighted by atomic mass is 32.1. The maximum Gasteiger partial charge on any atom is 0.220 e. The van der Waals surface area contributed by atoms with Crippen LogP contribution in [0.3, 0.4) is 0 Å². The van der Waals surface area contributed by atoms with Crippen molar-refractivity contribution in [3.63, 3.8) is 0 Å². The molecule has 0 radical (unpaired) electrons. The number of methoxy groups -OCH3 is 2. The van der Waals surface area contributed by atoms with Crippen LogP contribution in [0.15, 0.2) is 12.1 Å². The predicted octanol–water partition coefficient (Wildman–Crippen LogP) is 2.02. The van der Waals surface area contributed by atoms with Crippen molar-refractivity contribution in [1.82, 2.24) is 4.98 Å². The number of nitrogens with two attached hydrogens (primary N) is 1. The molecule has 1 saturated heterocycles. The van der Waals surface area contributed by atoms with Gasteiger partial charge in [0.2, 0.25) is 5.91 Å².